The Morgan fingerprint density at radius 3 is 2.39 bits per heavy atom. The second kappa shape index (κ2) is 10.7. The fourth-order valence-corrected chi connectivity index (χ4v) is 10.4. The van der Waals surface area contributed by atoms with Crippen molar-refractivity contribution in [3.8, 4) is 0 Å². The maximum atomic E-state index is 13.2. The van der Waals surface area contributed by atoms with Gasteiger partial charge < -0.3 is 10.5 Å². The van der Waals surface area contributed by atoms with Crippen molar-refractivity contribution in [3.63, 3.8) is 0 Å². The number of fused-ring (bicyclic) bond motifs is 4. The summed E-state index contributed by atoms with van der Waals surface area (Å²) in [5.74, 6) is 2.44. The highest BCUT2D eigenvalue weighted by molar-refractivity contribution is 5.72. The predicted octanol–water partition coefficient (Wildman–Crippen LogP) is 8.91. The second-order valence-corrected chi connectivity index (χ2v) is 15.5. The number of carbonyl (C=O) groups is 1. The number of carbonyl (C=O) groups excluding carboxylic acids is 1. The van der Waals surface area contributed by atoms with Gasteiger partial charge in [-0.2, -0.15) is 0 Å². The van der Waals surface area contributed by atoms with Gasteiger partial charge >= 0.3 is 5.97 Å². The molecule has 214 valence electrons. The Kier molecular flexibility index (Phi) is 8.02. The standard InChI is InChI=1S/C35H57NO2/c1-23(2)9-7-8-10-25-13-17-28-27-16-18-30-33(3,4)31(38-32(37)24-11-14-26(36)15-12-24)20-22-35(30,6)29(27)19-21-34(25,28)5/h9,24-26,28,30-31H,7-8,10-22,36H2,1-6H3. The molecule has 38 heavy (non-hydrogen) atoms. The van der Waals surface area contributed by atoms with Crippen LogP contribution < -0.4 is 5.73 Å². The molecule has 0 aromatic rings. The van der Waals surface area contributed by atoms with E-state index in [1.807, 2.05) is 11.1 Å². The van der Waals surface area contributed by atoms with Crippen LogP contribution in [0.15, 0.2) is 22.8 Å². The quantitative estimate of drug-likeness (QED) is 0.215. The normalized spacial score (nSPS) is 42.1. The van der Waals surface area contributed by atoms with Gasteiger partial charge in [-0.25, -0.2) is 0 Å². The van der Waals surface area contributed by atoms with Crippen molar-refractivity contribution in [1.29, 1.82) is 0 Å². The first-order valence-electron chi connectivity index (χ1n) is 16.3. The predicted molar refractivity (Wildman–Crippen MR) is 158 cm³/mol. The second-order valence-electron chi connectivity index (χ2n) is 15.5. The molecule has 5 aliphatic carbocycles. The number of hydrogen-bond acceptors (Lipinski definition) is 3. The topological polar surface area (TPSA) is 52.3 Å². The zero-order chi connectivity index (χ0) is 27.3. The van der Waals surface area contributed by atoms with Gasteiger partial charge in [0.1, 0.15) is 6.10 Å². The smallest absolute Gasteiger partial charge is 0.309 e. The number of allylic oxidation sites excluding steroid dienone is 4. The van der Waals surface area contributed by atoms with E-state index >= 15 is 0 Å². The Hall–Kier alpha value is -1.09. The lowest BCUT2D eigenvalue weighted by Gasteiger charge is -2.60. The van der Waals surface area contributed by atoms with Crippen LogP contribution in [0.4, 0.5) is 0 Å². The van der Waals surface area contributed by atoms with Crippen molar-refractivity contribution in [3.05, 3.63) is 22.8 Å². The van der Waals surface area contributed by atoms with E-state index in [2.05, 4.69) is 47.6 Å². The molecule has 2 N–H and O–H groups in total. The highest BCUT2D eigenvalue weighted by atomic mass is 16.5. The van der Waals surface area contributed by atoms with Crippen LogP contribution in [0.5, 0.6) is 0 Å². The Balaban J connectivity index is 1.29. The molecule has 0 aromatic heterocycles. The molecule has 3 fully saturated rings. The van der Waals surface area contributed by atoms with Gasteiger partial charge in [-0.05, 0) is 139 Å². The van der Waals surface area contributed by atoms with E-state index in [-0.39, 0.29) is 34.9 Å². The van der Waals surface area contributed by atoms with Crippen molar-refractivity contribution in [1.82, 2.24) is 0 Å². The van der Waals surface area contributed by atoms with Gasteiger partial charge in [-0.15, -0.1) is 0 Å². The lowest BCUT2D eigenvalue weighted by Crippen LogP contribution is -2.54. The summed E-state index contributed by atoms with van der Waals surface area (Å²) in [6.45, 7) is 14.5. The molecule has 0 aliphatic heterocycles. The van der Waals surface area contributed by atoms with Crippen LogP contribution in [-0.4, -0.2) is 18.1 Å². The van der Waals surface area contributed by atoms with Crippen LogP contribution in [0, 0.1) is 39.9 Å². The highest BCUT2D eigenvalue weighted by Crippen LogP contribution is 2.67. The number of unbranched alkanes of at least 4 members (excludes halogenated alkanes) is 1. The molecule has 3 saturated carbocycles. The van der Waals surface area contributed by atoms with Crippen LogP contribution >= 0.6 is 0 Å². The third kappa shape index (κ3) is 4.97. The van der Waals surface area contributed by atoms with Gasteiger partial charge in [0.05, 0.1) is 5.92 Å². The van der Waals surface area contributed by atoms with Gasteiger partial charge in [0.25, 0.3) is 0 Å². The number of nitrogens with two attached hydrogens (primary N) is 1. The molecule has 3 nitrogen and oxygen atoms in total. The SMILES string of the molecule is CC(C)=CCCCC1CCC2C3=C(CCC12C)C1(C)CCC(OC(=O)C2CCC(N)CC2)C(C)(C)C1CC3. The minimum absolute atomic E-state index is 0.0240. The van der Waals surface area contributed by atoms with Crippen LogP contribution in [0.1, 0.15) is 138 Å². The Morgan fingerprint density at radius 1 is 0.947 bits per heavy atom. The summed E-state index contributed by atoms with van der Waals surface area (Å²) >= 11 is 0. The van der Waals surface area contributed by atoms with E-state index in [0.717, 1.165) is 43.9 Å². The van der Waals surface area contributed by atoms with Crippen molar-refractivity contribution in [2.75, 3.05) is 0 Å². The van der Waals surface area contributed by atoms with Gasteiger partial charge in [0.15, 0.2) is 0 Å². The van der Waals surface area contributed by atoms with E-state index < -0.39 is 0 Å². The number of ether oxygens (including phenoxy) is 1. The van der Waals surface area contributed by atoms with E-state index in [0.29, 0.717) is 11.3 Å². The molecule has 6 atom stereocenters. The fraction of sp³-hybridized carbons (Fsp3) is 0.857. The maximum Gasteiger partial charge on any atom is 0.309 e. The molecule has 5 aliphatic rings. The first-order chi connectivity index (χ1) is 18.0. The molecule has 5 rings (SSSR count). The van der Waals surface area contributed by atoms with Crippen LogP contribution in [0.25, 0.3) is 0 Å². The van der Waals surface area contributed by atoms with Crippen molar-refractivity contribution in [2.45, 2.75) is 150 Å². The average molecular weight is 524 g/mol. The molecule has 0 bridgehead atoms. The van der Waals surface area contributed by atoms with Crippen molar-refractivity contribution >= 4 is 5.97 Å². The lowest BCUT2D eigenvalue weighted by molar-refractivity contribution is -0.175. The first-order valence-corrected chi connectivity index (χ1v) is 16.3. The van der Waals surface area contributed by atoms with Crippen LogP contribution in [-0.2, 0) is 9.53 Å². The van der Waals surface area contributed by atoms with Gasteiger partial charge in [0.2, 0.25) is 0 Å². The molecule has 0 heterocycles. The molecule has 0 spiro atoms. The summed E-state index contributed by atoms with van der Waals surface area (Å²) in [5, 5.41) is 0. The summed E-state index contributed by atoms with van der Waals surface area (Å²) in [4.78, 5) is 13.2. The minimum Gasteiger partial charge on any atom is -0.462 e. The zero-order valence-electron chi connectivity index (χ0n) is 25.5. The number of esters is 1. The molecular formula is C35H57NO2. The molecular weight excluding hydrogens is 466 g/mol. The van der Waals surface area contributed by atoms with E-state index in [1.165, 1.54) is 69.8 Å². The summed E-state index contributed by atoms with van der Waals surface area (Å²) in [6, 6.07) is 0.269. The third-order valence-corrected chi connectivity index (χ3v) is 12.7. The summed E-state index contributed by atoms with van der Waals surface area (Å²) in [7, 11) is 0. The Bertz CT molecular complexity index is 949. The molecule has 0 radical (unpaired) electrons. The van der Waals surface area contributed by atoms with E-state index in [9.17, 15) is 4.79 Å². The lowest BCUT2D eigenvalue weighted by atomic mass is 9.46. The minimum atomic E-state index is 0.0240. The molecule has 6 unspecified atom stereocenters. The van der Waals surface area contributed by atoms with Gasteiger partial charge in [0, 0.05) is 11.5 Å². The molecule has 3 heteroatoms. The first kappa shape index (κ1) is 28.4. The largest absolute Gasteiger partial charge is 0.462 e. The zero-order valence-corrected chi connectivity index (χ0v) is 25.5. The van der Waals surface area contributed by atoms with Crippen LogP contribution in [0.2, 0.25) is 0 Å². The average Bonchev–Trinajstić information content (AvgIpc) is 3.20. The number of rotatable bonds is 6. The summed E-state index contributed by atoms with van der Waals surface area (Å²) in [5.41, 5.74) is 12.1. The van der Waals surface area contributed by atoms with E-state index in [1.54, 1.807) is 0 Å². The monoisotopic (exact) mass is 523 g/mol. The molecule has 0 saturated heterocycles. The van der Waals surface area contributed by atoms with E-state index in [4.69, 9.17) is 10.5 Å². The number of hydrogen-bond donors (Lipinski definition) is 1. The Morgan fingerprint density at radius 2 is 1.68 bits per heavy atom. The Labute approximate surface area is 233 Å². The fourth-order valence-electron chi connectivity index (χ4n) is 10.4. The highest BCUT2D eigenvalue weighted by Gasteiger charge is 2.59. The summed E-state index contributed by atoms with van der Waals surface area (Å²) < 4.78 is 6.37. The summed E-state index contributed by atoms with van der Waals surface area (Å²) in [6.07, 6.45) is 20.5. The van der Waals surface area contributed by atoms with Gasteiger partial charge in [-0.1, -0.05) is 50.5 Å². The van der Waals surface area contributed by atoms with Gasteiger partial charge in [-0.3, -0.25) is 4.79 Å². The molecule has 0 amide bonds. The van der Waals surface area contributed by atoms with Crippen LogP contribution in [0.3, 0.4) is 0 Å². The van der Waals surface area contributed by atoms with Crippen molar-refractivity contribution < 1.29 is 9.53 Å². The maximum absolute atomic E-state index is 13.2. The third-order valence-electron chi connectivity index (χ3n) is 12.7. The van der Waals surface area contributed by atoms with Crippen molar-refractivity contribution in [2.24, 2.45) is 45.7 Å². The molecule has 0 aromatic carbocycles.